The lowest BCUT2D eigenvalue weighted by Crippen LogP contribution is -2.41. The van der Waals surface area contributed by atoms with Crippen molar-refractivity contribution in [1.29, 1.82) is 0 Å². The number of carbonyl (C=O) groups excluding carboxylic acids is 1. The fraction of sp³-hybridized carbons (Fsp3) is 0.684. The van der Waals surface area contributed by atoms with Gasteiger partial charge in [-0.15, -0.1) is 0 Å². The van der Waals surface area contributed by atoms with Gasteiger partial charge in [-0.05, 0) is 30.9 Å². The fourth-order valence-electron chi connectivity index (χ4n) is 3.08. The quantitative estimate of drug-likeness (QED) is 0.758. The number of aliphatic hydroxyl groups is 1. The van der Waals surface area contributed by atoms with E-state index < -0.39 is 0 Å². The van der Waals surface area contributed by atoms with Crippen molar-refractivity contribution in [2.75, 3.05) is 37.7 Å². The van der Waals surface area contributed by atoms with Crippen molar-refractivity contribution >= 4 is 11.8 Å². The van der Waals surface area contributed by atoms with Gasteiger partial charge in [-0.2, -0.15) is 0 Å². The molecule has 1 aromatic heterocycles. The highest BCUT2D eigenvalue weighted by Gasteiger charge is 2.13. The molecule has 6 heteroatoms. The van der Waals surface area contributed by atoms with Gasteiger partial charge in [-0.1, -0.05) is 32.3 Å². The van der Waals surface area contributed by atoms with Crippen molar-refractivity contribution in [2.24, 2.45) is 0 Å². The van der Waals surface area contributed by atoms with Crippen LogP contribution in [-0.2, 0) is 6.54 Å². The average Bonchev–Trinajstić information content (AvgIpc) is 2.93. The van der Waals surface area contributed by atoms with Crippen molar-refractivity contribution in [3.63, 3.8) is 0 Å². The summed E-state index contributed by atoms with van der Waals surface area (Å²) in [5.41, 5.74) is 0.992. The lowest BCUT2D eigenvalue weighted by Gasteiger charge is -2.23. The van der Waals surface area contributed by atoms with E-state index in [1.165, 1.54) is 25.7 Å². The van der Waals surface area contributed by atoms with E-state index in [1.54, 1.807) is 4.90 Å². The second-order valence-electron chi connectivity index (χ2n) is 6.65. The van der Waals surface area contributed by atoms with Crippen molar-refractivity contribution in [3.8, 4) is 0 Å². The number of carbonyl (C=O) groups is 1. The number of aromatic nitrogens is 1. The largest absolute Gasteiger partial charge is 0.395 e. The molecule has 0 unspecified atom stereocenters. The van der Waals surface area contributed by atoms with Crippen LogP contribution in [0.3, 0.4) is 0 Å². The summed E-state index contributed by atoms with van der Waals surface area (Å²) in [5.74, 6) is 1.03. The van der Waals surface area contributed by atoms with Crippen LogP contribution in [0.15, 0.2) is 18.3 Å². The maximum atomic E-state index is 12.2. The standard InChI is InChI=1S/C19H32N4O2/c1-2-3-10-23(13-14-24)19(25)21-16-17-8-9-18(20-15-17)22-11-6-4-5-7-12-22/h8-9,15,24H,2-7,10-14,16H2,1H3,(H,21,25). The minimum absolute atomic E-state index is 0.0107. The number of pyridine rings is 1. The normalized spacial score (nSPS) is 14.9. The van der Waals surface area contributed by atoms with Gasteiger partial charge in [0.1, 0.15) is 5.82 Å². The number of urea groups is 1. The van der Waals surface area contributed by atoms with Gasteiger partial charge in [0.25, 0.3) is 0 Å². The van der Waals surface area contributed by atoms with Gasteiger partial charge < -0.3 is 20.2 Å². The van der Waals surface area contributed by atoms with Crippen molar-refractivity contribution < 1.29 is 9.90 Å². The summed E-state index contributed by atoms with van der Waals surface area (Å²) in [5, 5.41) is 12.0. The Balaban J connectivity index is 1.84. The molecule has 2 amide bonds. The van der Waals surface area contributed by atoms with Gasteiger partial charge in [0.2, 0.25) is 0 Å². The molecule has 0 saturated carbocycles. The molecule has 1 aliphatic rings. The Morgan fingerprint density at radius 3 is 2.60 bits per heavy atom. The molecule has 0 aromatic carbocycles. The van der Waals surface area contributed by atoms with E-state index in [0.717, 1.165) is 37.3 Å². The molecule has 1 aromatic rings. The first-order valence-corrected chi connectivity index (χ1v) is 9.58. The average molecular weight is 348 g/mol. The number of nitrogens with zero attached hydrogens (tertiary/aromatic N) is 3. The lowest BCUT2D eigenvalue weighted by atomic mass is 10.2. The topological polar surface area (TPSA) is 68.7 Å². The molecule has 0 radical (unpaired) electrons. The summed E-state index contributed by atoms with van der Waals surface area (Å²) < 4.78 is 0. The zero-order valence-corrected chi connectivity index (χ0v) is 15.4. The highest BCUT2D eigenvalue weighted by molar-refractivity contribution is 5.74. The number of hydrogen-bond acceptors (Lipinski definition) is 4. The fourth-order valence-corrected chi connectivity index (χ4v) is 3.08. The number of aliphatic hydroxyl groups excluding tert-OH is 1. The third-order valence-corrected chi connectivity index (χ3v) is 4.62. The van der Waals surface area contributed by atoms with E-state index in [9.17, 15) is 4.79 Å². The van der Waals surface area contributed by atoms with Crippen LogP contribution in [0.2, 0.25) is 0 Å². The molecule has 0 spiro atoms. The Labute approximate surface area is 151 Å². The number of unbranched alkanes of at least 4 members (excludes halogenated alkanes) is 1. The Morgan fingerprint density at radius 1 is 1.24 bits per heavy atom. The van der Waals surface area contributed by atoms with Gasteiger partial charge in [0.15, 0.2) is 0 Å². The Morgan fingerprint density at radius 2 is 2.00 bits per heavy atom. The molecule has 1 aliphatic heterocycles. The first-order valence-electron chi connectivity index (χ1n) is 9.58. The summed E-state index contributed by atoms with van der Waals surface area (Å²) in [6, 6.07) is 3.96. The Kier molecular flexibility index (Phi) is 8.52. The molecule has 1 saturated heterocycles. The van der Waals surface area contributed by atoms with Crippen molar-refractivity contribution in [2.45, 2.75) is 52.0 Å². The van der Waals surface area contributed by atoms with Gasteiger partial charge in [-0.25, -0.2) is 9.78 Å². The van der Waals surface area contributed by atoms with Crippen LogP contribution in [0.25, 0.3) is 0 Å². The minimum atomic E-state index is -0.126. The van der Waals surface area contributed by atoms with E-state index in [0.29, 0.717) is 19.6 Å². The second-order valence-corrected chi connectivity index (χ2v) is 6.65. The monoisotopic (exact) mass is 348 g/mol. The van der Waals surface area contributed by atoms with Crippen LogP contribution < -0.4 is 10.2 Å². The first kappa shape index (κ1) is 19.5. The minimum Gasteiger partial charge on any atom is -0.395 e. The van der Waals surface area contributed by atoms with Crippen LogP contribution >= 0.6 is 0 Å². The second kappa shape index (κ2) is 10.9. The highest BCUT2D eigenvalue weighted by Crippen LogP contribution is 2.17. The summed E-state index contributed by atoms with van der Waals surface area (Å²) in [6.45, 7) is 5.75. The predicted octanol–water partition coefficient (Wildman–Crippen LogP) is 2.77. The number of anilines is 1. The van der Waals surface area contributed by atoms with Gasteiger partial charge in [0.05, 0.1) is 6.61 Å². The molecular formula is C19H32N4O2. The van der Waals surface area contributed by atoms with E-state index in [2.05, 4.69) is 28.2 Å². The molecular weight excluding hydrogens is 316 g/mol. The van der Waals surface area contributed by atoms with E-state index >= 15 is 0 Å². The Hall–Kier alpha value is -1.82. The van der Waals surface area contributed by atoms with Crippen LogP contribution in [0.4, 0.5) is 10.6 Å². The summed E-state index contributed by atoms with van der Waals surface area (Å²) in [7, 11) is 0. The van der Waals surface area contributed by atoms with Crippen LogP contribution in [-0.4, -0.2) is 53.8 Å². The summed E-state index contributed by atoms with van der Waals surface area (Å²) >= 11 is 0. The first-order chi connectivity index (χ1) is 12.2. The zero-order chi connectivity index (χ0) is 17.9. The van der Waals surface area contributed by atoms with E-state index in [-0.39, 0.29) is 12.6 Å². The number of hydrogen-bond donors (Lipinski definition) is 2. The molecule has 0 bridgehead atoms. The number of amides is 2. The maximum absolute atomic E-state index is 12.2. The molecule has 2 heterocycles. The van der Waals surface area contributed by atoms with Crippen LogP contribution in [0, 0.1) is 0 Å². The summed E-state index contributed by atoms with van der Waals surface area (Å²) in [4.78, 5) is 20.8. The molecule has 0 aliphatic carbocycles. The van der Waals surface area contributed by atoms with E-state index in [1.807, 2.05) is 12.3 Å². The van der Waals surface area contributed by atoms with Gasteiger partial charge in [-0.3, -0.25) is 0 Å². The molecule has 2 N–H and O–H groups in total. The van der Waals surface area contributed by atoms with Crippen LogP contribution in [0.5, 0.6) is 0 Å². The van der Waals surface area contributed by atoms with Crippen molar-refractivity contribution in [1.82, 2.24) is 15.2 Å². The number of nitrogens with one attached hydrogen (secondary N) is 1. The highest BCUT2D eigenvalue weighted by atomic mass is 16.3. The van der Waals surface area contributed by atoms with Gasteiger partial charge >= 0.3 is 6.03 Å². The molecule has 6 nitrogen and oxygen atoms in total. The molecule has 25 heavy (non-hydrogen) atoms. The molecule has 2 rings (SSSR count). The molecule has 140 valence electrons. The van der Waals surface area contributed by atoms with E-state index in [4.69, 9.17) is 5.11 Å². The van der Waals surface area contributed by atoms with Crippen molar-refractivity contribution in [3.05, 3.63) is 23.9 Å². The third kappa shape index (κ3) is 6.53. The Bertz CT molecular complexity index is 499. The SMILES string of the molecule is CCCCN(CCO)C(=O)NCc1ccc(N2CCCCCC2)nc1. The zero-order valence-electron chi connectivity index (χ0n) is 15.4. The molecule has 1 fully saturated rings. The lowest BCUT2D eigenvalue weighted by molar-refractivity contribution is 0.176. The summed E-state index contributed by atoms with van der Waals surface area (Å²) in [6.07, 6.45) is 8.90. The predicted molar refractivity (Wildman–Crippen MR) is 101 cm³/mol. The third-order valence-electron chi connectivity index (χ3n) is 4.62. The smallest absolute Gasteiger partial charge is 0.317 e. The molecule has 0 atom stereocenters. The van der Waals surface area contributed by atoms with Gasteiger partial charge in [0, 0.05) is 38.9 Å². The number of rotatable bonds is 8. The van der Waals surface area contributed by atoms with Crippen LogP contribution in [0.1, 0.15) is 51.0 Å². The maximum Gasteiger partial charge on any atom is 0.317 e.